The standard InChI is InChI=1S/C40H51F2N6O12P/c1-20-7-9-25(10-8-20)15-33(49)44-30(14-26-12-27(41)16-28(42)13-26)36(51)45-34-24(5)59-40(55)32-11-21(2)18-47(32)37(52)22(3)43-35(50)23(4)46(6)38(53)31-17-29(60-61(56,57)58)19-48(31)39(34)54/h7-10,12-13,16,21-24,29-32,34H,11,14-15,17-19H2,1-6H3,(H,43,50)(H,44,49)(H,45,51)(H2,56,57,58)/t21-,22-,23-,24-,29?,30-,31-,32-,34-/m0/s1. The smallest absolute Gasteiger partial charge is 0.458 e. The van der Waals surface area contributed by atoms with Gasteiger partial charge in [0.25, 0.3) is 0 Å². The van der Waals surface area contributed by atoms with Gasteiger partial charge in [0.15, 0.2) is 0 Å². The number of hydrogen-bond donors (Lipinski definition) is 5. The minimum absolute atomic E-state index is 0.0461. The van der Waals surface area contributed by atoms with Crippen LogP contribution in [0, 0.1) is 24.5 Å². The van der Waals surface area contributed by atoms with Crippen molar-refractivity contribution in [1.29, 1.82) is 0 Å². The first kappa shape index (κ1) is 46.8. The molecule has 0 aromatic heterocycles. The van der Waals surface area contributed by atoms with Crippen molar-refractivity contribution in [2.24, 2.45) is 5.92 Å². The van der Waals surface area contributed by atoms with Crippen LogP contribution in [-0.4, -0.2) is 134 Å². The molecule has 9 atom stereocenters. The van der Waals surface area contributed by atoms with Crippen LogP contribution < -0.4 is 16.0 Å². The van der Waals surface area contributed by atoms with Gasteiger partial charge < -0.3 is 45.2 Å². The van der Waals surface area contributed by atoms with Gasteiger partial charge in [0, 0.05) is 39.0 Å². The molecule has 0 bridgehead atoms. The number of halogens is 2. The number of benzene rings is 2. The molecule has 3 saturated heterocycles. The molecule has 0 radical (unpaired) electrons. The lowest BCUT2D eigenvalue weighted by Gasteiger charge is -2.36. The highest BCUT2D eigenvalue weighted by Crippen LogP contribution is 2.41. The minimum atomic E-state index is -5.20. The maximum absolute atomic E-state index is 14.8. The first-order valence-corrected chi connectivity index (χ1v) is 21.3. The third kappa shape index (κ3) is 11.8. The number of carbonyl (C=O) groups excluding carboxylic acids is 7. The lowest BCUT2D eigenvalue weighted by molar-refractivity contribution is -0.162. The van der Waals surface area contributed by atoms with E-state index in [0.29, 0.717) is 11.6 Å². The Hall–Kier alpha value is -5.30. The number of phosphoric ester groups is 1. The zero-order valence-electron chi connectivity index (χ0n) is 34.5. The zero-order chi connectivity index (χ0) is 45.1. The molecule has 332 valence electrons. The van der Waals surface area contributed by atoms with Gasteiger partial charge in [-0.3, -0.25) is 33.3 Å². The second-order valence-electron chi connectivity index (χ2n) is 16.1. The van der Waals surface area contributed by atoms with Gasteiger partial charge in [-0.2, -0.15) is 0 Å². The van der Waals surface area contributed by atoms with Crippen molar-refractivity contribution in [3.8, 4) is 0 Å². The van der Waals surface area contributed by atoms with E-state index in [-0.39, 0.29) is 30.9 Å². The molecular formula is C40H51F2N6O12P. The number of carbonyl (C=O) groups is 7. The quantitative estimate of drug-likeness (QED) is 0.172. The number of ether oxygens (including phenoxy) is 1. The number of aryl methyl sites for hydroxylation is 1. The Balaban J connectivity index is 1.55. The molecule has 0 aliphatic carbocycles. The van der Waals surface area contributed by atoms with Crippen molar-refractivity contribution in [2.45, 2.75) is 109 Å². The van der Waals surface area contributed by atoms with Crippen LogP contribution in [0.15, 0.2) is 42.5 Å². The van der Waals surface area contributed by atoms with Gasteiger partial charge in [-0.05, 0) is 63.3 Å². The van der Waals surface area contributed by atoms with E-state index >= 15 is 0 Å². The average molecular weight is 877 g/mol. The van der Waals surface area contributed by atoms with Crippen LogP contribution in [0.5, 0.6) is 0 Å². The molecule has 3 heterocycles. The monoisotopic (exact) mass is 876 g/mol. The van der Waals surface area contributed by atoms with E-state index in [1.54, 1.807) is 31.2 Å². The van der Waals surface area contributed by atoms with Crippen molar-refractivity contribution in [3.05, 3.63) is 70.8 Å². The molecule has 3 aliphatic heterocycles. The summed E-state index contributed by atoms with van der Waals surface area (Å²) in [6, 6.07) is 0.824. The highest BCUT2D eigenvalue weighted by atomic mass is 31.2. The van der Waals surface area contributed by atoms with Crippen LogP contribution in [0.1, 0.15) is 57.2 Å². The van der Waals surface area contributed by atoms with Crippen LogP contribution in [0.25, 0.3) is 0 Å². The average Bonchev–Trinajstić information content (AvgIpc) is 3.77. The highest BCUT2D eigenvalue weighted by Gasteiger charge is 2.49. The number of rotatable bonds is 9. The molecule has 61 heavy (non-hydrogen) atoms. The number of likely N-dealkylation sites (N-methyl/N-ethyl adjacent to an activating group) is 1. The van der Waals surface area contributed by atoms with E-state index < -0.39 is 129 Å². The summed E-state index contributed by atoms with van der Waals surface area (Å²) in [5.74, 6) is -8.22. The van der Waals surface area contributed by atoms with Crippen LogP contribution in [-0.2, 0) is 60.2 Å². The molecule has 6 amide bonds. The van der Waals surface area contributed by atoms with E-state index in [0.717, 1.165) is 27.5 Å². The summed E-state index contributed by atoms with van der Waals surface area (Å²) < 4.78 is 51.4. The van der Waals surface area contributed by atoms with Crippen molar-refractivity contribution in [2.75, 3.05) is 20.1 Å². The molecule has 2 aromatic carbocycles. The summed E-state index contributed by atoms with van der Waals surface area (Å²) in [6.07, 6.45) is -4.05. The summed E-state index contributed by atoms with van der Waals surface area (Å²) in [5, 5.41) is 7.61. The maximum atomic E-state index is 14.8. The number of hydrogen-bond acceptors (Lipinski definition) is 10. The van der Waals surface area contributed by atoms with Gasteiger partial charge in [0.2, 0.25) is 35.4 Å². The first-order chi connectivity index (χ1) is 28.5. The lowest BCUT2D eigenvalue weighted by Crippen LogP contribution is -2.62. The zero-order valence-corrected chi connectivity index (χ0v) is 35.4. The highest BCUT2D eigenvalue weighted by molar-refractivity contribution is 7.46. The lowest BCUT2D eigenvalue weighted by atomic mass is 10.0. The largest absolute Gasteiger partial charge is 0.469 e. The van der Waals surface area contributed by atoms with Crippen LogP contribution in [0.3, 0.4) is 0 Å². The Morgan fingerprint density at radius 3 is 2.15 bits per heavy atom. The Morgan fingerprint density at radius 1 is 0.902 bits per heavy atom. The number of esters is 1. The maximum Gasteiger partial charge on any atom is 0.469 e. The predicted octanol–water partition coefficient (Wildman–Crippen LogP) is 0.641. The Morgan fingerprint density at radius 2 is 1.52 bits per heavy atom. The van der Waals surface area contributed by atoms with Gasteiger partial charge in [-0.15, -0.1) is 0 Å². The Kier molecular flexibility index (Phi) is 14.7. The van der Waals surface area contributed by atoms with E-state index in [1.165, 1.54) is 32.7 Å². The van der Waals surface area contributed by atoms with E-state index in [4.69, 9.17) is 9.26 Å². The van der Waals surface area contributed by atoms with Crippen molar-refractivity contribution >= 4 is 49.2 Å². The molecule has 2 aromatic rings. The molecule has 18 nitrogen and oxygen atoms in total. The molecule has 0 saturated carbocycles. The summed E-state index contributed by atoms with van der Waals surface area (Å²) in [7, 11) is -3.94. The number of cyclic esters (lactones) is 1. The third-order valence-corrected chi connectivity index (χ3v) is 11.6. The van der Waals surface area contributed by atoms with E-state index in [2.05, 4.69) is 16.0 Å². The van der Waals surface area contributed by atoms with Gasteiger partial charge in [0.1, 0.15) is 54.0 Å². The SMILES string of the molecule is Cc1ccc(CC(=O)N[C@@H](Cc2cc(F)cc(F)c2)C(=O)N[C@@H]2C(=O)N3CC(OP(=O)(O)O)C[C@H]3C(=O)N(C)[C@@H](C)C(=O)N[C@@H](C)C(=O)N3C[C@@H](C)C[C@H]3C(=O)O[C@H]2C)cc1. The molecule has 3 fully saturated rings. The molecule has 5 N–H and O–H groups in total. The van der Waals surface area contributed by atoms with Crippen LogP contribution in [0.2, 0.25) is 0 Å². The summed E-state index contributed by atoms with van der Waals surface area (Å²) in [5.41, 5.74) is 1.45. The van der Waals surface area contributed by atoms with E-state index in [1.807, 2.05) is 6.92 Å². The third-order valence-electron chi connectivity index (χ3n) is 11.1. The number of phosphoric acid groups is 1. The molecule has 3 aliphatic rings. The normalized spacial score (nSPS) is 27.2. The van der Waals surface area contributed by atoms with Gasteiger partial charge >= 0.3 is 13.8 Å². The van der Waals surface area contributed by atoms with Crippen molar-refractivity contribution in [1.82, 2.24) is 30.7 Å². The molecule has 5 rings (SSSR count). The number of fused-ring (bicyclic) bond motifs is 2. The van der Waals surface area contributed by atoms with Gasteiger partial charge in [0.05, 0.1) is 12.5 Å². The summed E-state index contributed by atoms with van der Waals surface area (Å²) in [4.78, 5) is 120. The van der Waals surface area contributed by atoms with Gasteiger partial charge in [-0.25, -0.2) is 18.1 Å². The fourth-order valence-corrected chi connectivity index (χ4v) is 8.30. The van der Waals surface area contributed by atoms with Crippen molar-refractivity contribution in [3.63, 3.8) is 0 Å². The Labute approximate surface area is 350 Å². The number of nitrogens with one attached hydrogen (secondary N) is 3. The second kappa shape index (κ2) is 19.2. The topological polar surface area (TPSA) is 241 Å². The molecule has 21 heteroatoms. The second-order valence-corrected chi connectivity index (χ2v) is 17.2. The summed E-state index contributed by atoms with van der Waals surface area (Å²) >= 11 is 0. The van der Waals surface area contributed by atoms with Crippen LogP contribution in [0.4, 0.5) is 8.78 Å². The minimum Gasteiger partial charge on any atom is -0.458 e. The fourth-order valence-electron chi connectivity index (χ4n) is 7.76. The predicted molar refractivity (Wildman–Crippen MR) is 211 cm³/mol. The van der Waals surface area contributed by atoms with E-state index in [9.17, 15) is 56.7 Å². The number of amides is 6. The van der Waals surface area contributed by atoms with Crippen LogP contribution >= 0.6 is 7.82 Å². The first-order valence-electron chi connectivity index (χ1n) is 19.7. The molecule has 0 spiro atoms. The van der Waals surface area contributed by atoms with Crippen molar-refractivity contribution < 1.29 is 66.0 Å². The van der Waals surface area contributed by atoms with Gasteiger partial charge in [-0.1, -0.05) is 36.8 Å². The molecule has 1 unspecified atom stereocenters. The Bertz CT molecular complexity index is 2070. The summed E-state index contributed by atoms with van der Waals surface area (Å²) in [6.45, 7) is 7.17. The molecular weight excluding hydrogens is 825 g/mol. The number of nitrogens with zero attached hydrogens (tertiary/aromatic N) is 3. The fraction of sp³-hybridized carbons (Fsp3) is 0.525.